The molecule has 0 spiro atoms. The van der Waals surface area contributed by atoms with E-state index in [1.807, 2.05) is 13.8 Å². The van der Waals surface area contributed by atoms with Crippen LogP contribution in [0.2, 0.25) is 5.02 Å². The van der Waals surface area contributed by atoms with Gasteiger partial charge in [-0.1, -0.05) is 31.5 Å². The first-order chi connectivity index (χ1) is 8.93. The molecule has 1 saturated heterocycles. The van der Waals surface area contributed by atoms with Gasteiger partial charge < -0.3 is 5.32 Å². The Morgan fingerprint density at radius 3 is 2.74 bits per heavy atom. The fourth-order valence-electron chi connectivity index (χ4n) is 2.19. The van der Waals surface area contributed by atoms with E-state index in [1.165, 1.54) is 4.90 Å². The zero-order chi connectivity index (χ0) is 14.2. The molecule has 1 unspecified atom stereocenters. The number of rotatable bonds is 2. The predicted octanol–water partition coefficient (Wildman–Crippen LogP) is 2.59. The summed E-state index contributed by atoms with van der Waals surface area (Å²) in [6.07, 6.45) is 0. The van der Waals surface area contributed by atoms with Gasteiger partial charge in [-0.05, 0) is 34.0 Å². The van der Waals surface area contributed by atoms with Crippen molar-refractivity contribution < 1.29 is 9.59 Å². The SMILES string of the molecule is CC(C)C1C(=O)NCC(=O)N1c1cccc(Cl)c1Br. The van der Waals surface area contributed by atoms with Crippen LogP contribution >= 0.6 is 27.5 Å². The third kappa shape index (κ3) is 2.62. The van der Waals surface area contributed by atoms with E-state index in [2.05, 4.69) is 21.2 Å². The first-order valence-electron chi connectivity index (χ1n) is 5.97. The molecule has 1 fully saturated rings. The Hall–Kier alpha value is -1.07. The molecule has 1 aliphatic heterocycles. The summed E-state index contributed by atoms with van der Waals surface area (Å²) in [6, 6.07) is 4.76. The second kappa shape index (κ2) is 5.51. The van der Waals surface area contributed by atoms with Crippen molar-refractivity contribution in [1.29, 1.82) is 0 Å². The summed E-state index contributed by atoms with van der Waals surface area (Å²) in [5.74, 6) is -0.266. The van der Waals surface area contributed by atoms with E-state index in [0.717, 1.165) is 0 Å². The summed E-state index contributed by atoms with van der Waals surface area (Å²) in [6.45, 7) is 3.84. The lowest BCUT2D eigenvalue weighted by Gasteiger charge is -2.37. The van der Waals surface area contributed by atoms with Crippen LogP contribution in [0.4, 0.5) is 5.69 Å². The average molecular weight is 346 g/mol. The summed E-state index contributed by atoms with van der Waals surface area (Å²) >= 11 is 9.44. The van der Waals surface area contributed by atoms with Crippen molar-refractivity contribution in [1.82, 2.24) is 5.32 Å². The normalized spacial score (nSPS) is 19.8. The molecule has 1 aromatic carbocycles. The number of hydrogen-bond acceptors (Lipinski definition) is 2. The van der Waals surface area contributed by atoms with E-state index in [9.17, 15) is 9.59 Å². The lowest BCUT2D eigenvalue weighted by molar-refractivity contribution is -0.131. The van der Waals surface area contributed by atoms with Crippen molar-refractivity contribution in [3.05, 3.63) is 27.7 Å². The second-order valence-corrected chi connectivity index (χ2v) is 5.94. The van der Waals surface area contributed by atoms with Crippen LogP contribution in [0.25, 0.3) is 0 Å². The first kappa shape index (κ1) is 14.3. The number of anilines is 1. The van der Waals surface area contributed by atoms with Crippen LogP contribution in [-0.4, -0.2) is 24.4 Å². The van der Waals surface area contributed by atoms with Gasteiger partial charge in [-0.15, -0.1) is 0 Å². The van der Waals surface area contributed by atoms with Crippen molar-refractivity contribution >= 4 is 45.0 Å². The highest BCUT2D eigenvalue weighted by atomic mass is 79.9. The van der Waals surface area contributed by atoms with Gasteiger partial charge in [-0.3, -0.25) is 14.5 Å². The highest BCUT2D eigenvalue weighted by Crippen LogP contribution is 2.35. The van der Waals surface area contributed by atoms with E-state index in [0.29, 0.717) is 15.2 Å². The van der Waals surface area contributed by atoms with Crippen molar-refractivity contribution in [2.45, 2.75) is 19.9 Å². The van der Waals surface area contributed by atoms with Gasteiger partial charge in [0, 0.05) is 0 Å². The fraction of sp³-hybridized carbons (Fsp3) is 0.385. The van der Waals surface area contributed by atoms with Gasteiger partial charge in [0.15, 0.2) is 0 Å². The number of carbonyl (C=O) groups is 2. The Morgan fingerprint density at radius 2 is 2.11 bits per heavy atom. The number of benzene rings is 1. The number of halogens is 2. The smallest absolute Gasteiger partial charge is 0.247 e. The molecule has 4 nitrogen and oxygen atoms in total. The first-order valence-corrected chi connectivity index (χ1v) is 7.14. The minimum absolute atomic E-state index is 0.00938. The predicted molar refractivity (Wildman–Crippen MR) is 78.3 cm³/mol. The molecule has 1 heterocycles. The zero-order valence-corrected chi connectivity index (χ0v) is 13.0. The minimum atomic E-state index is -0.518. The van der Waals surface area contributed by atoms with Crippen LogP contribution in [0.5, 0.6) is 0 Å². The maximum absolute atomic E-state index is 12.2. The van der Waals surface area contributed by atoms with E-state index in [1.54, 1.807) is 18.2 Å². The molecule has 1 atom stereocenters. The molecule has 1 aliphatic rings. The van der Waals surface area contributed by atoms with Crippen LogP contribution in [0.3, 0.4) is 0 Å². The van der Waals surface area contributed by atoms with Crippen molar-refractivity contribution in [2.75, 3.05) is 11.4 Å². The highest BCUT2D eigenvalue weighted by molar-refractivity contribution is 9.10. The topological polar surface area (TPSA) is 49.4 Å². The van der Waals surface area contributed by atoms with Gasteiger partial charge in [-0.2, -0.15) is 0 Å². The lowest BCUT2D eigenvalue weighted by Crippen LogP contribution is -2.60. The molecule has 2 rings (SSSR count). The second-order valence-electron chi connectivity index (χ2n) is 4.74. The molecule has 1 N–H and O–H groups in total. The van der Waals surface area contributed by atoms with Gasteiger partial charge in [0.25, 0.3) is 0 Å². The maximum Gasteiger partial charge on any atom is 0.247 e. The van der Waals surface area contributed by atoms with Crippen LogP contribution in [0.1, 0.15) is 13.8 Å². The monoisotopic (exact) mass is 344 g/mol. The number of carbonyl (C=O) groups excluding carboxylic acids is 2. The fourth-order valence-corrected chi connectivity index (χ4v) is 2.81. The van der Waals surface area contributed by atoms with E-state index in [4.69, 9.17) is 11.6 Å². The number of nitrogens with zero attached hydrogens (tertiary/aromatic N) is 1. The molecule has 6 heteroatoms. The molecule has 0 radical (unpaired) electrons. The Balaban J connectivity index is 2.51. The Bertz CT molecular complexity index is 533. The summed E-state index contributed by atoms with van der Waals surface area (Å²) < 4.78 is 0.630. The van der Waals surface area contributed by atoms with Crippen LogP contribution in [0.15, 0.2) is 22.7 Å². The molecular formula is C13H14BrClN2O2. The summed E-state index contributed by atoms with van der Waals surface area (Å²) in [5, 5.41) is 3.13. The quantitative estimate of drug-likeness (QED) is 0.895. The third-order valence-electron chi connectivity index (χ3n) is 3.05. The number of amides is 2. The number of hydrogen-bond donors (Lipinski definition) is 1. The van der Waals surface area contributed by atoms with Gasteiger partial charge in [-0.25, -0.2) is 0 Å². The molecule has 102 valence electrons. The molecule has 0 aromatic heterocycles. The molecule has 0 saturated carbocycles. The summed E-state index contributed by atoms with van der Waals surface area (Å²) in [5.41, 5.74) is 0.631. The molecule has 2 amide bonds. The van der Waals surface area contributed by atoms with Gasteiger partial charge in [0.1, 0.15) is 6.04 Å². The maximum atomic E-state index is 12.2. The van der Waals surface area contributed by atoms with Crippen LogP contribution in [0, 0.1) is 5.92 Å². The lowest BCUT2D eigenvalue weighted by atomic mass is 9.98. The summed E-state index contributed by atoms with van der Waals surface area (Å²) in [7, 11) is 0. The van der Waals surface area contributed by atoms with Crippen LogP contribution in [-0.2, 0) is 9.59 Å². The molecule has 1 aromatic rings. The zero-order valence-electron chi connectivity index (χ0n) is 10.6. The van der Waals surface area contributed by atoms with Crippen molar-refractivity contribution in [3.63, 3.8) is 0 Å². The van der Waals surface area contributed by atoms with Crippen molar-refractivity contribution in [2.24, 2.45) is 5.92 Å². The van der Waals surface area contributed by atoms with Crippen molar-refractivity contribution in [3.8, 4) is 0 Å². The van der Waals surface area contributed by atoms with Gasteiger partial charge >= 0.3 is 0 Å². The molecule has 19 heavy (non-hydrogen) atoms. The highest BCUT2D eigenvalue weighted by Gasteiger charge is 2.38. The largest absolute Gasteiger partial charge is 0.345 e. The Kier molecular flexibility index (Phi) is 4.16. The number of piperazine rings is 1. The van der Waals surface area contributed by atoms with Gasteiger partial charge in [0.2, 0.25) is 11.8 Å². The molecule has 0 aliphatic carbocycles. The van der Waals surface area contributed by atoms with Crippen LogP contribution < -0.4 is 10.2 Å². The minimum Gasteiger partial charge on any atom is -0.345 e. The molecular weight excluding hydrogens is 332 g/mol. The Morgan fingerprint density at radius 1 is 1.42 bits per heavy atom. The summed E-state index contributed by atoms with van der Waals surface area (Å²) in [4.78, 5) is 25.7. The number of nitrogens with one attached hydrogen (secondary N) is 1. The van der Waals surface area contributed by atoms with E-state index in [-0.39, 0.29) is 24.3 Å². The standard InChI is InChI=1S/C13H14BrClN2O2/c1-7(2)12-13(19)16-6-10(18)17(12)9-5-3-4-8(15)11(9)14/h3-5,7,12H,6H2,1-2H3,(H,16,19). The third-order valence-corrected chi connectivity index (χ3v) is 4.43. The molecule has 0 bridgehead atoms. The van der Waals surface area contributed by atoms with E-state index >= 15 is 0 Å². The average Bonchev–Trinajstić information content (AvgIpc) is 2.35. The Labute approximate surface area is 125 Å². The van der Waals surface area contributed by atoms with E-state index < -0.39 is 6.04 Å². The van der Waals surface area contributed by atoms with Gasteiger partial charge in [0.05, 0.1) is 21.7 Å².